The maximum absolute atomic E-state index is 13.1. The van der Waals surface area contributed by atoms with Crippen LogP contribution in [0.3, 0.4) is 0 Å². The van der Waals surface area contributed by atoms with Crippen LogP contribution in [0, 0.1) is 6.92 Å². The van der Waals surface area contributed by atoms with Gasteiger partial charge in [0.05, 0.1) is 34.0 Å². The summed E-state index contributed by atoms with van der Waals surface area (Å²) in [6, 6.07) is 8.62. The molecule has 3 rings (SSSR count). The molecule has 2 aromatic carbocycles. The van der Waals surface area contributed by atoms with Gasteiger partial charge in [0.2, 0.25) is 11.7 Å². The van der Waals surface area contributed by atoms with E-state index in [1.165, 1.54) is 21.3 Å². The number of ether oxygens (including phenoxy) is 4. The lowest BCUT2D eigenvalue weighted by Gasteiger charge is -2.16. The third kappa shape index (κ3) is 5.83. The Balaban J connectivity index is 1.86. The van der Waals surface area contributed by atoms with Crippen LogP contribution in [0.25, 0.3) is 0 Å². The molecule has 0 saturated carbocycles. The fraction of sp³-hybridized carbons (Fsp3) is 0.391. The number of benzene rings is 2. The van der Waals surface area contributed by atoms with Crippen LogP contribution in [0.2, 0.25) is 5.02 Å². The van der Waals surface area contributed by atoms with Gasteiger partial charge in [-0.1, -0.05) is 11.6 Å². The standard InChI is InChI=1S/C23H28ClN3O5/c1-14-10-16(24)7-8-18(14)26-23(25-13-17-6-5-9-32-17)27-22(28)15-11-19(29-2)21(31-4)20(12-15)30-3/h7-8,10-12,17H,5-6,9,13H2,1-4H3,(H2,25,26,27,28)/t17-/m0/s1. The van der Waals surface area contributed by atoms with E-state index >= 15 is 0 Å². The number of carbonyl (C=O) groups excluding carboxylic acids is 1. The number of nitrogens with one attached hydrogen (secondary N) is 2. The number of halogens is 1. The van der Waals surface area contributed by atoms with E-state index in [0.717, 1.165) is 30.7 Å². The number of anilines is 1. The van der Waals surface area contributed by atoms with Crippen molar-refractivity contribution in [1.82, 2.24) is 5.32 Å². The zero-order chi connectivity index (χ0) is 23.1. The minimum Gasteiger partial charge on any atom is -0.493 e. The smallest absolute Gasteiger partial charge is 0.258 e. The van der Waals surface area contributed by atoms with Gasteiger partial charge < -0.3 is 24.3 Å². The molecule has 0 radical (unpaired) electrons. The quantitative estimate of drug-likeness (QED) is 0.477. The van der Waals surface area contributed by atoms with Gasteiger partial charge in [-0.05, 0) is 55.7 Å². The van der Waals surface area contributed by atoms with Gasteiger partial charge in [-0.2, -0.15) is 0 Å². The van der Waals surface area contributed by atoms with Crippen LogP contribution in [-0.4, -0.2) is 52.5 Å². The van der Waals surface area contributed by atoms with E-state index in [4.69, 9.17) is 30.5 Å². The first kappa shape index (κ1) is 23.7. The monoisotopic (exact) mass is 461 g/mol. The van der Waals surface area contributed by atoms with Crippen molar-refractivity contribution in [3.8, 4) is 17.2 Å². The molecule has 1 aliphatic rings. The Morgan fingerprint density at radius 3 is 2.44 bits per heavy atom. The molecule has 1 heterocycles. The molecule has 1 saturated heterocycles. The Bertz CT molecular complexity index is 965. The third-order valence-electron chi connectivity index (χ3n) is 5.08. The lowest BCUT2D eigenvalue weighted by atomic mass is 10.1. The molecule has 32 heavy (non-hydrogen) atoms. The van der Waals surface area contributed by atoms with E-state index in [1.54, 1.807) is 18.2 Å². The maximum Gasteiger partial charge on any atom is 0.258 e. The minimum atomic E-state index is -0.380. The highest BCUT2D eigenvalue weighted by Crippen LogP contribution is 2.38. The number of hydrogen-bond donors (Lipinski definition) is 2. The Hall–Kier alpha value is -2.97. The first-order valence-corrected chi connectivity index (χ1v) is 10.6. The molecule has 9 heteroatoms. The molecular weight excluding hydrogens is 434 g/mol. The number of guanidine groups is 1. The van der Waals surface area contributed by atoms with Crippen LogP contribution in [0.5, 0.6) is 17.2 Å². The van der Waals surface area contributed by atoms with Crippen LogP contribution in [0.15, 0.2) is 35.3 Å². The number of methoxy groups -OCH3 is 3. The predicted molar refractivity (Wildman–Crippen MR) is 125 cm³/mol. The van der Waals surface area contributed by atoms with Crippen LogP contribution in [0.4, 0.5) is 5.69 Å². The van der Waals surface area contributed by atoms with Crippen molar-refractivity contribution in [2.75, 3.05) is 39.8 Å². The maximum atomic E-state index is 13.1. The number of aliphatic imine (C=N–C) groups is 1. The predicted octanol–water partition coefficient (Wildman–Crippen LogP) is 4.05. The first-order valence-electron chi connectivity index (χ1n) is 10.3. The largest absolute Gasteiger partial charge is 0.493 e. The summed E-state index contributed by atoms with van der Waals surface area (Å²) in [5, 5.41) is 6.67. The highest BCUT2D eigenvalue weighted by molar-refractivity contribution is 6.30. The summed E-state index contributed by atoms with van der Waals surface area (Å²) in [4.78, 5) is 17.7. The lowest BCUT2D eigenvalue weighted by Crippen LogP contribution is -2.37. The summed E-state index contributed by atoms with van der Waals surface area (Å²) in [7, 11) is 4.50. The summed E-state index contributed by atoms with van der Waals surface area (Å²) in [5.41, 5.74) is 2.04. The lowest BCUT2D eigenvalue weighted by molar-refractivity contribution is 0.0974. The first-order chi connectivity index (χ1) is 15.4. The Morgan fingerprint density at radius 1 is 1.16 bits per heavy atom. The molecule has 172 valence electrons. The summed E-state index contributed by atoms with van der Waals surface area (Å²) in [6.07, 6.45) is 1.99. The topological polar surface area (TPSA) is 90.4 Å². The number of amides is 1. The van der Waals surface area contributed by atoms with Crippen molar-refractivity contribution in [3.05, 3.63) is 46.5 Å². The molecule has 0 aromatic heterocycles. The highest BCUT2D eigenvalue weighted by atomic mass is 35.5. The zero-order valence-electron chi connectivity index (χ0n) is 18.7. The van der Waals surface area contributed by atoms with Crippen LogP contribution < -0.4 is 24.8 Å². The SMILES string of the molecule is COc1cc(C(=O)NC(=NC[C@@H]2CCCO2)Nc2ccc(Cl)cc2C)cc(OC)c1OC. The van der Waals surface area contributed by atoms with Crippen molar-refractivity contribution in [2.45, 2.75) is 25.9 Å². The molecule has 8 nitrogen and oxygen atoms in total. The number of carbonyl (C=O) groups is 1. The zero-order valence-corrected chi connectivity index (χ0v) is 19.4. The van der Waals surface area contributed by atoms with E-state index < -0.39 is 0 Å². The minimum absolute atomic E-state index is 0.0381. The van der Waals surface area contributed by atoms with Crippen molar-refractivity contribution in [3.63, 3.8) is 0 Å². The van der Waals surface area contributed by atoms with Crippen molar-refractivity contribution in [1.29, 1.82) is 0 Å². The Kier molecular flexibility index (Phi) is 8.19. The molecule has 1 amide bonds. The van der Waals surface area contributed by atoms with Crippen molar-refractivity contribution in [2.24, 2.45) is 4.99 Å². The van der Waals surface area contributed by atoms with Gasteiger partial charge in [0.15, 0.2) is 11.5 Å². The van der Waals surface area contributed by atoms with E-state index in [-0.39, 0.29) is 12.0 Å². The molecule has 1 aliphatic heterocycles. The molecule has 0 bridgehead atoms. The summed E-state index contributed by atoms with van der Waals surface area (Å²) in [6.45, 7) is 3.09. The molecule has 1 atom stereocenters. The van der Waals surface area contributed by atoms with Gasteiger partial charge in [-0.15, -0.1) is 0 Å². The number of hydrogen-bond acceptors (Lipinski definition) is 6. The molecule has 2 N–H and O–H groups in total. The summed E-state index contributed by atoms with van der Waals surface area (Å²) < 4.78 is 21.7. The van der Waals surface area contributed by atoms with Gasteiger partial charge >= 0.3 is 0 Å². The fourth-order valence-corrected chi connectivity index (χ4v) is 3.61. The van der Waals surface area contributed by atoms with Crippen molar-refractivity contribution >= 4 is 29.2 Å². The second kappa shape index (κ2) is 11.1. The average molecular weight is 462 g/mol. The Morgan fingerprint density at radius 2 is 1.88 bits per heavy atom. The van der Waals surface area contributed by atoms with Crippen LogP contribution >= 0.6 is 11.6 Å². The second-order valence-electron chi connectivity index (χ2n) is 7.28. The molecule has 0 aliphatic carbocycles. The van der Waals surface area contributed by atoms with Crippen LogP contribution in [0.1, 0.15) is 28.8 Å². The van der Waals surface area contributed by atoms with Gasteiger partial charge in [-0.3, -0.25) is 10.1 Å². The van der Waals surface area contributed by atoms with Gasteiger partial charge in [0.25, 0.3) is 5.91 Å². The summed E-state index contributed by atoms with van der Waals surface area (Å²) in [5.74, 6) is 1.11. The average Bonchev–Trinajstić information content (AvgIpc) is 3.31. The fourth-order valence-electron chi connectivity index (χ4n) is 3.38. The second-order valence-corrected chi connectivity index (χ2v) is 7.71. The Labute approximate surface area is 192 Å². The van der Waals surface area contributed by atoms with Crippen molar-refractivity contribution < 1.29 is 23.7 Å². The number of nitrogens with zero attached hydrogens (tertiary/aromatic N) is 1. The normalized spacial score (nSPS) is 15.9. The van der Waals surface area contributed by atoms with Gasteiger partial charge in [0, 0.05) is 22.9 Å². The van der Waals surface area contributed by atoms with Gasteiger partial charge in [-0.25, -0.2) is 4.99 Å². The number of rotatable bonds is 7. The molecule has 1 fully saturated rings. The third-order valence-corrected chi connectivity index (χ3v) is 5.31. The van der Waals surface area contributed by atoms with E-state index in [0.29, 0.717) is 40.3 Å². The molecule has 2 aromatic rings. The van der Waals surface area contributed by atoms with E-state index in [1.807, 2.05) is 19.1 Å². The van der Waals surface area contributed by atoms with Crippen LogP contribution in [-0.2, 0) is 4.74 Å². The highest BCUT2D eigenvalue weighted by Gasteiger charge is 2.19. The molecular formula is C23H28ClN3O5. The number of aryl methyl sites for hydroxylation is 1. The summed E-state index contributed by atoms with van der Waals surface area (Å²) >= 11 is 6.07. The molecule has 0 spiro atoms. The van der Waals surface area contributed by atoms with Gasteiger partial charge in [0.1, 0.15) is 0 Å². The molecule has 0 unspecified atom stereocenters. The van der Waals surface area contributed by atoms with E-state index in [2.05, 4.69) is 15.6 Å². The van der Waals surface area contributed by atoms with E-state index in [9.17, 15) is 4.79 Å².